The smallest absolute Gasteiger partial charge is 0.421 e. The summed E-state index contributed by atoms with van der Waals surface area (Å²) in [6.07, 6.45) is -5.01. The van der Waals surface area contributed by atoms with Crippen molar-refractivity contribution in [3.63, 3.8) is 0 Å². The molecule has 1 heterocycles. The van der Waals surface area contributed by atoms with Crippen LogP contribution in [0.3, 0.4) is 0 Å². The van der Waals surface area contributed by atoms with E-state index in [2.05, 4.69) is 4.90 Å². The van der Waals surface area contributed by atoms with Crippen LogP contribution >= 0.6 is 0 Å². The molecule has 2 aromatic carbocycles. The first-order chi connectivity index (χ1) is 14.6. The first-order valence-corrected chi connectivity index (χ1v) is 10.2. The molecule has 0 aromatic heterocycles. The van der Waals surface area contributed by atoms with E-state index in [-0.39, 0.29) is 11.7 Å². The van der Waals surface area contributed by atoms with Crippen molar-refractivity contribution < 1.29 is 27.8 Å². The van der Waals surface area contributed by atoms with Crippen LogP contribution in [0.1, 0.15) is 25.0 Å². The van der Waals surface area contributed by atoms with E-state index < -0.39 is 11.8 Å². The number of hydrogen-bond acceptors (Lipinski definition) is 4. The Labute approximate surface area is 180 Å². The van der Waals surface area contributed by atoms with Crippen LogP contribution in [0.15, 0.2) is 48.5 Å². The van der Waals surface area contributed by atoms with Gasteiger partial charge in [0.15, 0.2) is 5.60 Å². The molecule has 0 radical (unpaired) electrons. The molecule has 5 nitrogen and oxygen atoms in total. The van der Waals surface area contributed by atoms with Crippen molar-refractivity contribution in [1.29, 1.82) is 0 Å². The van der Waals surface area contributed by atoms with Gasteiger partial charge in [0.05, 0.1) is 6.61 Å². The van der Waals surface area contributed by atoms with Gasteiger partial charge in [0.25, 0.3) is 0 Å². The topological polar surface area (TPSA) is 53.0 Å². The number of halogens is 3. The molecular weight excluding hydrogens is 409 g/mol. The van der Waals surface area contributed by atoms with Crippen LogP contribution in [-0.4, -0.2) is 60.0 Å². The number of hydrogen-bond donors (Lipinski definition) is 1. The number of alkyl halides is 3. The average molecular weight is 436 g/mol. The van der Waals surface area contributed by atoms with E-state index in [9.17, 15) is 23.1 Å². The molecule has 1 atom stereocenters. The molecule has 168 valence electrons. The van der Waals surface area contributed by atoms with E-state index in [0.717, 1.165) is 43.2 Å². The molecule has 0 bridgehead atoms. The first-order valence-electron chi connectivity index (χ1n) is 10.2. The summed E-state index contributed by atoms with van der Waals surface area (Å²) in [6, 6.07) is 13.6. The van der Waals surface area contributed by atoms with Gasteiger partial charge in [0.1, 0.15) is 0 Å². The van der Waals surface area contributed by atoms with Gasteiger partial charge >= 0.3 is 12.3 Å². The number of amides is 1. The number of benzene rings is 2. The standard InChI is InChI=1S/C23H27F3N2O3/c1-3-31-21(29)28-14-12-27(13-15-28)16-17-4-6-18(7-5-17)19-8-10-20(11-9-19)22(2,30)23(24,25)26/h4-11,30H,3,12-16H2,1-2H3. The van der Waals surface area contributed by atoms with E-state index in [4.69, 9.17) is 4.74 Å². The number of aliphatic hydroxyl groups is 1. The summed E-state index contributed by atoms with van der Waals surface area (Å²) >= 11 is 0. The summed E-state index contributed by atoms with van der Waals surface area (Å²) in [5.41, 5.74) is -0.301. The Morgan fingerprint density at radius 3 is 1.97 bits per heavy atom. The Hall–Kier alpha value is -2.58. The predicted molar refractivity (Wildman–Crippen MR) is 111 cm³/mol. The van der Waals surface area contributed by atoms with Crippen molar-refractivity contribution in [2.24, 2.45) is 0 Å². The Bertz CT molecular complexity index is 872. The summed E-state index contributed by atoms with van der Waals surface area (Å²) in [6.45, 7) is 6.46. The summed E-state index contributed by atoms with van der Waals surface area (Å²) in [5, 5.41) is 9.79. The van der Waals surface area contributed by atoms with E-state index >= 15 is 0 Å². The third-order valence-electron chi connectivity index (χ3n) is 5.59. The minimum Gasteiger partial charge on any atom is -0.450 e. The number of carbonyl (C=O) groups excluding carboxylic acids is 1. The summed E-state index contributed by atoms with van der Waals surface area (Å²) in [5.74, 6) is 0. The summed E-state index contributed by atoms with van der Waals surface area (Å²) < 4.78 is 44.0. The fourth-order valence-electron chi connectivity index (χ4n) is 3.52. The highest BCUT2D eigenvalue weighted by Gasteiger charge is 2.51. The lowest BCUT2D eigenvalue weighted by Crippen LogP contribution is -2.48. The number of ether oxygens (including phenoxy) is 1. The molecule has 1 fully saturated rings. The largest absolute Gasteiger partial charge is 0.450 e. The Kier molecular flexibility index (Phi) is 6.91. The maximum absolute atomic E-state index is 13.0. The van der Waals surface area contributed by atoms with Gasteiger partial charge in [-0.2, -0.15) is 13.2 Å². The third kappa shape index (κ3) is 5.37. The number of carbonyl (C=O) groups is 1. The zero-order valence-electron chi connectivity index (χ0n) is 17.7. The van der Waals surface area contributed by atoms with Crippen molar-refractivity contribution in [2.75, 3.05) is 32.8 Å². The third-order valence-corrected chi connectivity index (χ3v) is 5.59. The van der Waals surface area contributed by atoms with Crippen molar-refractivity contribution in [2.45, 2.75) is 32.2 Å². The van der Waals surface area contributed by atoms with Crippen molar-refractivity contribution in [3.8, 4) is 11.1 Å². The van der Waals surface area contributed by atoms with E-state index in [1.807, 2.05) is 24.3 Å². The lowest BCUT2D eigenvalue weighted by Gasteiger charge is -2.34. The second-order valence-corrected chi connectivity index (χ2v) is 7.81. The molecule has 1 unspecified atom stereocenters. The zero-order valence-corrected chi connectivity index (χ0v) is 17.7. The Morgan fingerprint density at radius 1 is 0.968 bits per heavy atom. The molecule has 31 heavy (non-hydrogen) atoms. The maximum atomic E-state index is 13.0. The minimum atomic E-state index is -4.74. The zero-order chi connectivity index (χ0) is 22.6. The van der Waals surface area contributed by atoms with Gasteiger partial charge in [-0.3, -0.25) is 4.90 Å². The molecule has 0 spiro atoms. The highest BCUT2D eigenvalue weighted by atomic mass is 19.4. The molecule has 1 saturated heterocycles. The lowest BCUT2D eigenvalue weighted by molar-refractivity contribution is -0.258. The monoisotopic (exact) mass is 436 g/mol. The van der Waals surface area contributed by atoms with Gasteiger partial charge in [0, 0.05) is 32.7 Å². The van der Waals surface area contributed by atoms with Gasteiger partial charge in [-0.05, 0) is 36.1 Å². The second kappa shape index (κ2) is 9.28. The fourth-order valence-corrected chi connectivity index (χ4v) is 3.52. The van der Waals surface area contributed by atoms with Crippen molar-refractivity contribution in [1.82, 2.24) is 9.80 Å². The SMILES string of the molecule is CCOC(=O)N1CCN(Cc2ccc(-c3ccc(C(C)(O)C(F)(F)F)cc3)cc2)CC1. The summed E-state index contributed by atoms with van der Waals surface area (Å²) in [7, 11) is 0. The maximum Gasteiger partial charge on any atom is 0.421 e. The van der Waals surface area contributed by atoms with Gasteiger partial charge < -0.3 is 14.7 Å². The Balaban J connectivity index is 1.59. The number of piperazine rings is 1. The van der Waals surface area contributed by atoms with Crippen molar-refractivity contribution >= 4 is 6.09 Å². The molecule has 2 aromatic rings. The molecule has 1 N–H and O–H groups in total. The molecule has 8 heteroatoms. The van der Waals surface area contributed by atoms with Gasteiger partial charge in [0.2, 0.25) is 0 Å². The first kappa shape index (κ1) is 23.1. The summed E-state index contributed by atoms with van der Waals surface area (Å²) in [4.78, 5) is 15.7. The van der Waals surface area contributed by atoms with E-state index in [1.165, 1.54) is 12.1 Å². The van der Waals surface area contributed by atoms with Gasteiger partial charge in [-0.15, -0.1) is 0 Å². The fraction of sp³-hybridized carbons (Fsp3) is 0.435. The van der Waals surface area contributed by atoms with E-state index in [0.29, 0.717) is 19.7 Å². The minimum absolute atomic E-state index is 0.192. The van der Waals surface area contributed by atoms with Crippen LogP contribution in [0, 0.1) is 0 Å². The number of rotatable bonds is 5. The molecule has 3 rings (SSSR count). The molecule has 0 aliphatic carbocycles. The quantitative estimate of drug-likeness (QED) is 0.755. The predicted octanol–water partition coefficient (Wildman–Crippen LogP) is 4.40. The Morgan fingerprint density at radius 2 is 1.48 bits per heavy atom. The number of nitrogens with zero attached hydrogens (tertiary/aromatic N) is 2. The van der Waals surface area contributed by atoms with Crippen LogP contribution in [-0.2, 0) is 16.9 Å². The van der Waals surface area contributed by atoms with Gasteiger partial charge in [-0.25, -0.2) is 4.79 Å². The van der Waals surface area contributed by atoms with Crippen LogP contribution in [0.2, 0.25) is 0 Å². The van der Waals surface area contributed by atoms with Crippen LogP contribution < -0.4 is 0 Å². The van der Waals surface area contributed by atoms with Crippen LogP contribution in [0.4, 0.5) is 18.0 Å². The molecule has 0 saturated carbocycles. The molecule has 1 aliphatic rings. The van der Waals surface area contributed by atoms with Crippen LogP contribution in [0.5, 0.6) is 0 Å². The highest BCUT2D eigenvalue weighted by Crippen LogP contribution is 2.38. The normalized spacial score (nSPS) is 17.3. The molecule has 1 amide bonds. The molecular formula is C23H27F3N2O3. The lowest BCUT2D eigenvalue weighted by atomic mass is 9.93. The van der Waals surface area contributed by atoms with Gasteiger partial charge in [-0.1, -0.05) is 48.5 Å². The molecule has 1 aliphatic heterocycles. The average Bonchev–Trinajstić information content (AvgIpc) is 2.74. The second-order valence-electron chi connectivity index (χ2n) is 7.81. The highest BCUT2D eigenvalue weighted by molar-refractivity contribution is 5.67. The van der Waals surface area contributed by atoms with Crippen LogP contribution in [0.25, 0.3) is 11.1 Å². The van der Waals surface area contributed by atoms with E-state index in [1.54, 1.807) is 24.0 Å². The van der Waals surface area contributed by atoms with Crippen molar-refractivity contribution in [3.05, 3.63) is 59.7 Å².